The predicted molar refractivity (Wildman–Crippen MR) is 97.3 cm³/mol. The number of hydrogen-bond acceptors (Lipinski definition) is 3. The lowest BCUT2D eigenvalue weighted by Gasteiger charge is -2.20. The second-order valence-electron chi connectivity index (χ2n) is 6.30. The molecule has 1 amide bonds. The van der Waals surface area contributed by atoms with Crippen LogP contribution in [0.4, 0.5) is 0 Å². The molecule has 4 heteroatoms. The standard InChI is InChI=1S/C21H22N2O2/c1-14-9-11-18(12-10-14)21(17-7-5-4-6-8-17)22-20(24)13-19-15(2)23-25-16(19)3/h4-12,21H,13H2,1-3H3,(H,22,24). The number of hydrogen-bond donors (Lipinski definition) is 1. The normalized spacial score (nSPS) is 12.0. The molecule has 2 aromatic carbocycles. The van der Waals surface area contributed by atoms with Crippen LogP contribution in [-0.2, 0) is 11.2 Å². The van der Waals surface area contributed by atoms with Gasteiger partial charge in [0.05, 0.1) is 18.2 Å². The lowest BCUT2D eigenvalue weighted by atomic mass is 9.97. The maximum absolute atomic E-state index is 12.7. The molecule has 0 fully saturated rings. The summed E-state index contributed by atoms with van der Waals surface area (Å²) in [7, 11) is 0. The SMILES string of the molecule is Cc1ccc(C(NC(=O)Cc2c(C)noc2C)c2ccccc2)cc1. The Labute approximate surface area is 147 Å². The molecule has 25 heavy (non-hydrogen) atoms. The fourth-order valence-electron chi connectivity index (χ4n) is 2.89. The molecule has 0 radical (unpaired) electrons. The minimum Gasteiger partial charge on any atom is -0.361 e. The van der Waals surface area contributed by atoms with Crippen LogP contribution >= 0.6 is 0 Å². The van der Waals surface area contributed by atoms with Gasteiger partial charge in [-0.15, -0.1) is 0 Å². The summed E-state index contributed by atoms with van der Waals surface area (Å²) >= 11 is 0. The summed E-state index contributed by atoms with van der Waals surface area (Å²) in [5, 5.41) is 7.07. The number of aryl methyl sites for hydroxylation is 3. The van der Waals surface area contributed by atoms with Crippen LogP contribution in [-0.4, -0.2) is 11.1 Å². The highest BCUT2D eigenvalue weighted by molar-refractivity contribution is 5.80. The Balaban J connectivity index is 1.85. The number of carbonyl (C=O) groups is 1. The van der Waals surface area contributed by atoms with Gasteiger partial charge in [-0.2, -0.15) is 0 Å². The third-order valence-corrected chi connectivity index (χ3v) is 4.37. The van der Waals surface area contributed by atoms with E-state index in [0.717, 1.165) is 22.4 Å². The van der Waals surface area contributed by atoms with E-state index >= 15 is 0 Å². The average Bonchev–Trinajstić information content (AvgIpc) is 2.93. The Morgan fingerprint density at radius 1 is 1.00 bits per heavy atom. The van der Waals surface area contributed by atoms with Crippen molar-refractivity contribution in [2.45, 2.75) is 33.2 Å². The Morgan fingerprint density at radius 2 is 1.64 bits per heavy atom. The van der Waals surface area contributed by atoms with E-state index in [1.165, 1.54) is 5.56 Å². The molecule has 0 aliphatic rings. The monoisotopic (exact) mass is 334 g/mol. The molecule has 0 aliphatic heterocycles. The van der Waals surface area contributed by atoms with Gasteiger partial charge in [-0.1, -0.05) is 65.3 Å². The maximum atomic E-state index is 12.7. The first-order chi connectivity index (χ1) is 12.0. The average molecular weight is 334 g/mol. The lowest BCUT2D eigenvalue weighted by molar-refractivity contribution is -0.121. The van der Waals surface area contributed by atoms with Crippen molar-refractivity contribution >= 4 is 5.91 Å². The summed E-state index contributed by atoms with van der Waals surface area (Å²) in [5.74, 6) is 0.642. The lowest BCUT2D eigenvalue weighted by Crippen LogP contribution is -2.30. The van der Waals surface area contributed by atoms with Crippen molar-refractivity contribution in [2.24, 2.45) is 0 Å². The maximum Gasteiger partial charge on any atom is 0.225 e. The Bertz CT molecular complexity index is 832. The fraction of sp³-hybridized carbons (Fsp3) is 0.238. The van der Waals surface area contributed by atoms with Gasteiger partial charge in [0.1, 0.15) is 5.76 Å². The highest BCUT2D eigenvalue weighted by atomic mass is 16.5. The van der Waals surface area contributed by atoms with Gasteiger partial charge >= 0.3 is 0 Å². The molecule has 128 valence electrons. The summed E-state index contributed by atoms with van der Waals surface area (Å²) in [5.41, 5.74) is 4.92. The Kier molecular flexibility index (Phi) is 4.98. The predicted octanol–water partition coefficient (Wildman–Crippen LogP) is 4.05. The fourth-order valence-corrected chi connectivity index (χ4v) is 2.89. The third-order valence-electron chi connectivity index (χ3n) is 4.37. The number of aromatic nitrogens is 1. The second kappa shape index (κ2) is 7.34. The van der Waals surface area contributed by atoms with Crippen molar-refractivity contribution in [1.29, 1.82) is 0 Å². The minimum absolute atomic E-state index is 0.0520. The molecular formula is C21H22N2O2. The van der Waals surface area contributed by atoms with Gasteiger partial charge in [0.25, 0.3) is 0 Å². The molecule has 1 unspecified atom stereocenters. The van der Waals surface area contributed by atoms with Crippen molar-refractivity contribution < 1.29 is 9.32 Å². The van der Waals surface area contributed by atoms with Crippen molar-refractivity contribution in [1.82, 2.24) is 10.5 Å². The molecule has 0 saturated heterocycles. The first-order valence-corrected chi connectivity index (χ1v) is 8.37. The quantitative estimate of drug-likeness (QED) is 0.766. The summed E-state index contributed by atoms with van der Waals surface area (Å²) in [4.78, 5) is 12.7. The van der Waals surface area contributed by atoms with Crippen LogP contribution in [0, 0.1) is 20.8 Å². The van der Waals surface area contributed by atoms with Crippen molar-refractivity contribution in [3.05, 3.63) is 88.3 Å². The highest BCUT2D eigenvalue weighted by Crippen LogP contribution is 2.23. The molecule has 1 N–H and O–H groups in total. The van der Waals surface area contributed by atoms with Crippen molar-refractivity contribution in [2.75, 3.05) is 0 Å². The van der Waals surface area contributed by atoms with Crippen LogP contribution in [0.15, 0.2) is 59.1 Å². The molecular weight excluding hydrogens is 312 g/mol. The smallest absolute Gasteiger partial charge is 0.225 e. The zero-order valence-electron chi connectivity index (χ0n) is 14.7. The Hall–Kier alpha value is -2.88. The first-order valence-electron chi connectivity index (χ1n) is 8.37. The van der Waals surface area contributed by atoms with E-state index in [1.807, 2.05) is 44.2 Å². The van der Waals surface area contributed by atoms with E-state index in [0.29, 0.717) is 5.76 Å². The summed E-state index contributed by atoms with van der Waals surface area (Å²) in [6, 6.07) is 18.1. The topological polar surface area (TPSA) is 55.1 Å². The van der Waals surface area contributed by atoms with Gasteiger partial charge in [0.15, 0.2) is 0 Å². The van der Waals surface area contributed by atoms with E-state index < -0.39 is 0 Å². The largest absolute Gasteiger partial charge is 0.361 e. The number of amides is 1. The molecule has 0 spiro atoms. The summed E-state index contributed by atoms with van der Waals surface area (Å²) in [6.07, 6.45) is 0.260. The Morgan fingerprint density at radius 3 is 2.24 bits per heavy atom. The molecule has 1 atom stereocenters. The second-order valence-corrected chi connectivity index (χ2v) is 6.30. The molecule has 1 aromatic heterocycles. The molecule has 4 nitrogen and oxygen atoms in total. The minimum atomic E-state index is -0.185. The van der Waals surface area contributed by atoms with E-state index in [-0.39, 0.29) is 18.4 Å². The van der Waals surface area contributed by atoms with Crippen LogP contribution in [0.1, 0.15) is 39.7 Å². The van der Waals surface area contributed by atoms with Gasteiger partial charge in [-0.3, -0.25) is 4.79 Å². The van der Waals surface area contributed by atoms with Crippen LogP contribution in [0.3, 0.4) is 0 Å². The van der Waals surface area contributed by atoms with Gasteiger partial charge in [-0.25, -0.2) is 0 Å². The number of nitrogens with one attached hydrogen (secondary N) is 1. The van der Waals surface area contributed by atoms with E-state index in [4.69, 9.17) is 4.52 Å². The van der Waals surface area contributed by atoms with Gasteiger partial charge < -0.3 is 9.84 Å². The summed E-state index contributed by atoms with van der Waals surface area (Å²) in [6.45, 7) is 5.74. The molecule has 1 heterocycles. The van der Waals surface area contributed by atoms with E-state index in [2.05, 4.69) is 41.7 Å². The van der Waals surface area contributed by atoms with Gasteiger partial charge in [0, 0.05) is 5.56 Å². The molecule has 3 rings (SSSR count). The van der Waals surface area contributed by atoms with Gasteiger partial charge in [0.2, 0.25) is 5.91 Å². The molecule has 0 bridgehead atoms. The molecule has 3 aromatic rings. The number of rotatable bonds is 5. The first kappa shape index (κ1) is 17.0. The zero-order chi connectivity index (χ0) is 17.8. The third kappa shape index (κ3) is 3.97. The van der Waals surface area contributed by atoms with Crippen LogP contribution in [0.25, 0.3) is 0 Å². The van der Waals surface area contributed by atoms with Crippen LogP contribution in [0.5, 0.6) is 0 Å². The van der Waals surface area contributed by atoms with E-state index in [9.17, 15) is 4.79 Å². The van der Waals surface area contributed by atoms with Crippen molar-refractivity contribution in [3.63, 3.8) is 0 Å². The number of nitrogens with zero attached hydrogens (tertiary/aromatic N) is 1. The zero-order valence-corrected chi connectivity index (χ0v) is 14.7. The van der Waals surface area contributed by atoms with Crippen LogP contribution < -0.4 is 5.32 Å². The number of carbonyl (C=O) groups excluding carboxylic acids is 1. The van der Waals surface area contributed by atoms with Crippen molar-refractivity contribution in [3.8, 4) is 0 Å². The van der Waals surface area contributed by atoms with E-state index in [1.54, 1.807) is 0 Å². The van der Waals surface area contributed by atoms with Crippen LogP contribution in [0.2, 0.25) is 0 Å². The highest BCUT2D eigenvalue weighted by Gasteiger charge is 2.19. The van der Waals surface area contributed by atoms with Gasteiger partial charge in [-0.05, 0) is 31.9 Å². The molecule has 0 saturated carbocycles. The summed E-state index contributed by atoms with van der Waals surface area (Å²) < 4.78 is 5.15. The molecule has 0 aliphatic carbocycles. The number of benzene rings is 2.